The summed E-state index contributed by atoms with van der Waals surface area (Å²) in [6.07, 6.45) is 1.96. The highest BCUT2D eigenvalue weighted by atomic mass is 16.5. The molecule has 0 aliphatic heterocycles. The fourth-order valence-corrected chi connectivity index (χ4v) is 0.743. The summed E-state index contributed by atoms with van der Waals surface area (Å²) < 4.78 is 4.94. The van der Waals surface area contributed by atoms with E-state index in [0.29, 0.717) is 13.2 Å². The molecule has 0 amide bonds. The molecule has 0 radical (unpaired) electrons. The Bertz CT molecular complexity index is 175. The summed E-state index contributed by atoms with van der Waals surface area (Å²) >= 11 is 0. The number of likely N-dealkylation sites (N-methyl/N-ethyl adjacent to an activating group) is 1. The van der Waals surface area contributed by atoms with E-state index in [9.17, 15) is 0 Å². The van der Waals surface area contributed by atoms with Crippen LogP contribution in [0.25, 0.3) is 0 Å². The quantitative estimate of drug-likeness (QED) is 0.667. The normalized spacial score (nSPS) is 11.5. The zero-order chi connectivity index (χ0) is 9.56. The van der Waals surface area contributed by atoms with Crippen molar-refractivity contribution < 1.29 is 4.74 Å². The topological polar surface area (TPSA) is 38.5 Å². The van der Waals surface area contributed by atoms with Gasteiger partial charge in [0, 0.05) is 32.6 Å². The third-order valence-corrected chi connectivity index (χ3v) is 1.55. The molecule has 2 N–H and O–H groups in total. The van der Waals surface area contributed by atoms with Gasteiger partial charge in [0.25, 0.3) is 0 Å². The van der Waals surface area contributed by atoms with Gasteiger partial charge in [-0.3, -0.25) is 0 Å². The van der Waals surface area contributed by atoms with E-state index in [2.05, 4.69) is 6.58 Å². The molecular weight excluding hydrogens is 152 g/mol. The van der Waals surface area contributed by atoms with Gasteiger partial charge in [0.2, 0.25) is 0 Å². The van der Waals surface area contributed by atoms with Crippen molar-refractivity contribution in [1.29, 1.82) is 0 Å². The average Bonchev–Trinajstić information content (AvgIpc) is 2.04. The van der Waals surface area contributed by atoms with Crippen LogP contribution in [0.3, 0.4) is 0 Å². The van der Waals surface area contributed by atoms with E-state index in [1.54, 1.807) is 7.11 Å². The van der Waals surface area contributed by atoms with Gasteiger partial charge in [-0.25, -0.2) is 0 Å². The Morgan fingerprint density at radius 2 is 2.25 bits per heavy atom. The van der Waals surface area contributed by atoms with Crippen molar-refractivity contribution in [1.82, 2.24) is 4.90 Å². The van der Waals surface area contributed by atoms with Gasteiger partial charge in [0.05, 0.1) is 6.61 Å². The molecule has 70 valence electrons. The summed E-state index contributed by atoms with van der Waals surface area (Å²) in [5, 5.41) is 0. The molecule has 3 heteroatoms. The fraction of sp³-hybridized carbons (Fsp3) is 0.556. The average molecular weight is 170 g/mol. The first kappa shape index (κ1) is 11.2. The zero-order valence-corrected chi connectivity index (χ0v) is 8.13. The van der Waals surface area contributed by atoms with Gasteiger partial charge >= 0.3 is 0 Å². The second-order valence-electron chi connectivity index (χ2n) is 2.79. The van der Waals surface area contributed by atoms with Crippen LogP contribution in [0.15, 0.2) is 24.0 Å². The molecule has 0 spiro atoms. The summed E-state index contributed by atoms with van der Waals surface area (Å²) in [7, 11) is 3.58. The monoisotopic (exact) mass is 170 g/mol. The second kappa shape index (κ2) is 5.80. The first-order chi connectivity index (χ1) is 5.61. The Morgan fingerprint density at radius 3 is 2.67 bits per heavy atom. The first-order valence-corrected chi connectivity index (χ1v) is 3.88. The number of hydrogen-bond donors (Lipinski definition) is 1. The Morgan fingerprint density at radius 1 is 1.67 bits per heavy atom. The van der Waals surface area contributed by atoms with E-state index < -0.39 is 0 Å². The number of rotatable bonds is 5. The van der Waals surface area contributed by atoms with Crippen molar-refractivity contribution in [2.45, 2.75) is 6.92 Å². The molecule has 0 aliphatic rings. The molecule has 0 saturated heterocycles. The zero-order valence-electron chi connectivity index (χ0n) is 8.13. The lowest BCUT2D eigenvalue weighted by Crippen LogP contribution is -2.15. The molecule has 3 nitrogen and oxygen atoms in total. The molecule has 12 heavy (non-hydrogen) atoms. The maximum Gasteiger partial charge on any atom is 0.0857 e. The molecule has 0 aliphatic carbocycles. The van der Waals surface area contributed by atoms with Crippen LogP contribution >= 0.6 is 0 Å². The van der Waals surface area contributed by atoms with E-state index in [4.69, 9.17) is 10.5 Å². The number of methoxy groups -OCH3 is 1. The lowest BCUT2D eigenvalue weighted by Gasteiger charge is -2.17. The predicted octanol–water partition coefficient (Wildman–Crippen LogP) is 0.941. The van der Waals surface area contributed by atoms with Gasteiger partial charge in [-0.2, -0.15) is 0 Å². The molecule has 0 aromatic rings. The largest absolute Gasteiger partial charge is 0.379 e. The van der Waals surface area contributed by atoms with Crippen LogP contribution in [-0.2, 0) is 4.74 Å². The molecule has 0 aromatic carbocycles. The van der Waals surface area contributed by atoms with E-state index in [1.165, 1.54) is 0 Å². The fourth-order valence-electron chi connectivity index (χ4n) is 0.743. The Balaban J connectivity index is 4.02. The van der Waals surface area contributed by atoms with Crippen LogP contribution in [0.2, 0.25) is 0 Å². The van der Waals surface area contributed by atoms with Crippen LogP contribution in [-0.4, -0.2) is 32.2 Å². The van der Waals surface area contributed by atoms with Crippen molar-refractivity contribution in [2.75, 3.05) is 27.3 Å². The van der Waals surface area contributed by atoms with Crippen molar-refractivity contribution in [3.63, 3.8) is 0 Å². The highest BCUT2D eigenvalue weighted by Gasteiger charge is 1.97. The highest BCUT2D eigenvalue weighted by Crippen LogP contribution is 2.01. The third-order valence-electron chi connectivity index (χ3n) is 1.55. The van der Waals surface area contributed by atoms with Gasteiger partial charge in [-0.05, 0) is 12.5 Å². The summed E-state index contributed by atoms with van der Waals surface area (Å²) in [5.74, 6) is 0. The van der Waals surface area contributed by atoms with Crippen molar-refractivity contribution in [3.8, 4) is 0 Å². The molecule has 0 bridgehead atoms. The minimum absolute atomic E-state index is 0.546. The minimum Gasteiger partial charge on any atom is -0.379 e. The van der Waals surface area contributed by atoms with Crippen LogP contribution in [0.4, 0.5) is 0 Å². The Hall–Kier alpha value is -0.800. The van der Waals surface area contributed by atoms with Crippen LogP contribution in [0.5, 0.6) is 0 Å². The number of ether oxygens (including phenoxy) is 1. The second-order valence-corrected chi connectivity index (χ2v) is 2.79. The van der Waals surface area contributed by atoms with Gasteiger partial charge in [-0.15, -0.1) is 0 Å². The van der Waals surface area contributed by atoms with Gasteiger partial charge < -0.3 is 15.4 Å². The van der Waals surface area contributed by atoms with E-state index in [-0.39, 0.29) is 0 Å². The summed E-state index contributed by atoms with van der Waals surface area (Å²) in [5.41, 5.74) is 7.48. The van der Waals surface area contributed by atoms with Gasteiger partial charge in [0.1, 0.15) is 0 Å². The smallest absolute Gasteiger partial charge is 0.0857 e. The SMILES string of the molecule is C=C(COC)N(C)C=C(C)CN. The summed E-state index contributed by atoms with van der Waals surface area (Å²) in [4.78, 5) is 1.92. The van der Waals surface area contributed by atoms with Crippen LogP contribution < -0.4 is 5.73 Å². The number of nitrogens with two attached hydrogens (primary N) is 1. The van der Waals surface area contributed by atoms with Crippen molar-refractivity contribution >= 4 is 0 Å². The molecule has 0 aromatic heterocycles. The molecule has 0 heterocycles. The third kappa shape index (κ3) is 4.16. The predicted molar refractivity (Wildman–Crippen MR) is 51.6 cm³/mol. The van der Waals surface area contributed by atoms with Crippen LogP contribution in [0.1, 0.15) is 6.92 Å². The first-order valence-electron chi connectivity index (χ1n) is 3.88. The van der Waals surface area contributed by atoms with Crippen molar-refractivity contribution in [2.24, 2.45) is 5.73 Å². The van der Waals surface area contributed by atoms with E-state index in [0.717, 1.165) is 11.3 Å². The maximum absolute atomic E-state index is 5.44. The molecule has 0 unspecified atom stereocenters. The molecule has 0 atom stereocenters. The van der Waals surface area contributed by atoms with E-state index >= 15 is 0 Å². The number of hydrogen-bond acceptors (Lipinski definition) is 3. The Labute approximate surface area is 74.5 Å². The van der Waals surface area contributed by atoms with Gasteiger partial charge in [0.15, 0.2) is 0 Å². The number of nitrogens with zero attached hydrogens (tertiary/aromatic N) is 1. The lowest BCUT2D eigenvalue weighted by atomic mass is 10.3. The minimum atomic E-state index is 0.546. The Kier molecular flexibility index (Phi) is 5.41. The van der Waals surface area contributed by atoms with E-state index in [1.807, 2.05) is 25.1 Å². The maximum atomic E-state index is 5.44. The summed E-state index contributed by atoms with van der Waals surface area (Å²) in [6, 6.07) is 0. The van der Waals surface area contributed by atoms with Crippen LogP contribution in [0, 0.1) is 0 Å². The highest BCUT2D eigenvalue weighted by molar-refractivity contribution is 5.05. The molecule has 0 saturated carbocycles. The standard InChI is InChI=1S/C9H18N2O/c1-8(5-10)6-11(3)9(2)7-12-4/h6H,2,5,7,10H2,1,3-4H3. The molecular formula is C9H18N2O. The lowest BCUT2D eigenvalue weighted by molar-refractivity contribution is 0.208. The molecule has 0 fully saturated rings. The van der Waals surface area contributed by atoms with Gasteiger partial charge in [-0.1, -0.05) is 6.58 Å². The molecule has 0 rings (SSSR count). The summed E-state index contributed by atoms with van der Waals surface area (Å²) in [6.45, 7) is 6.95. The van der Waals surface area contributed by atoms with Crippen molar-refractivity contribution in [3.05, 3.63) is 24.0 Å².